The number of nitrogens with zero attached hydrogens (tertiary/aromatic N) is 2. The normalized spacial score (nSPS) is 16.2. The van der Waals surface area contributed by atoms with E-state index in [1.165, 1.54) is 25.7 Å². The molecule has 19 heavy (non-hydrogen) atoms. The standard InChI is InChI=1S/C14H17N3O2/c18-14(19)13-16-11(9-15-10-5-1-2-6-10)12-7-3-4-8-17(12)13/h3-4,7-8,10,15H,1-2,5-6,9H2,(H,18,19). The molecule has 0 aromatic carbocycles. The van der Waals surface area contributed by atoms with Crippen molar-refractivity contribution in [3.8, 4) is 0 Å². The second-order valence-electron chi connectivity index (χ2n) is 5.01. The van der Waals surface area contributed by atoms with Crippen molar-refractivity contribution in [3.05, 3.63) is 35.9 Å². The van der Waals surface area contributed by atoms with E-state index in [9.17, 15) is 9.90 Å². The van der Waals surface area contributed by atoms with E-state index >= 15 is 0 Å². The summed E-state index contributed by atoms with van der Waals surface area (Å²) in [6.45, 7) is 0.630. The molecule has 1 saturated carbocycles. The molecule has 5 nitrogen and oxygen atoms in total. The topological polar surface area (TPSA) is 66.6 Å². The van der Waals surface area contributed by atoms with Gasteiger partial charge in [0.2, 0.25) is 5.82 Å². The number of carbonyl (C=O) groups is 1. The van der Waals surface area contributed by atoms with Gasteiger partial charge in [-0.2, -0.15) is 0 Å². The number of aromatic carboxylic acids is 1. The second kappa shape index (κ2) is 5.01. The Kier molecular flexibility index (Phi) is 3.21. The predicted octanol–water partition coefficient (Wildman–Crippen LogP) is 2.06. The molecule has 2 aromatic heterocycles. The molecular weight excluding hydrogens is 242 g/mol. The van der Waals surface area contributed by atoms with Crippen molar-refractivity contribution >= 4 is 11.5 Å². The molecule has 0 aliphatic heterocycles. The molecule has 0 amide bonds. The van der Waals surface area contributed by atoms with Crippen LogP contribution in [-0.2, 0) is 6.54 Å². The largest absolute Gasteiger partial charge is 0.475 e. The van der Waals surface area contributed by atoms with Gasteiger partial charge in [-0.1, -0.05) is 18.9 Å². The van der Waals surface area contributed by atoms with Crippen LogP contribution in [-0.4, -0.2) is 26.5 Å². The monoisotopic (exact) mass is 259 g/mol. The highest BCUT2D eigenvalue weighted by Crippen LogP contribution is 2.19. The van der Waals surface area contributed by atoms with Gasteiger partial charge in [-0.3, -0.25) is 4.40 Å². The van der Waals surface area contributed by atoms with Gasteiger partial charge in [0.05, 0.1) is 11.2 Å². The fourth-order valence-electron chi connectivity index (χ4n) is 2.75. The van der Waals surface area contributed by atoms with Gasteiger partial charge in [-0.15, -0.1) is 0 Å². The van der Waals surface area contributed by atoms with Crippen LogP contribution in [0.3, 0.4) is 0 Å². The maximum atomic E-state index is 11.2. The van der Waals surface area contributed by atoms with Gasteiger partial charge in [-0.05, 0) is 25.0 Å². The van der Waals surface area contributed by atoms with Crippen LogP contribution < -0.4 is 5.32 Å². The van der Waals surface area contributed by atoms with Crippen LogP contribution >= 0.6 is 0 Å². The number of fused-ring (bicyclic) bond motifs is 1. The summed E-state index contributed by atoms with van der Waals surface area (Å²) in [6.07, 6.45) is 6.71. The number of nitrogens with one attached hydrogen (secondary N) is 1. The van der Waals surface area contributed by atoms with Gasteiger partial charge < -0.3 is 10.4 Å². The number of hydrogen-bond donors (Lipinski definition) is 2. The van der Waals surface area contributed by atoms with Gasteiger partial charge in [0.25, 0.3) is 0 Å². The van der Waals surface area contributed by atoms with E-state index in [4.69, 9.17) is 0 Å². The number of aromatic nitrogens is 2. The minimum absolute atomic E-state index is 0.0822. The summed E-state index contributed by atoms with van der Waals surface area (Å²) in [6, 6.07) is 6.18. The molecule has 100 valence electrons. The average molecular weight is 259 g/mol. The molecule has 3 rings (SSSR count). The highest BCUT2D eigenvalue weighted by atomic mass is 16.4. The lowest BCUT2D eigenvalue weighted by Gasteiger charge is -2.10. The van der Waals surface area contributed by atoms with Crippen LogP contribution in [0.15, 0.2) is 24.4 Å². The SMILES string of the molecule is O=C(O)c1nc(CNC2CCCC2)c2ccccn12. The summed E-state index contributed by atoms with van der Waals surface area (Å²) in [7, 11) is 0. The van der Waals surface area contributed by atoms with E-state index in [0.29, 0.717) is 12.6 Å². The molecule has 0 atom stereocenters. The third-order valence-corrected chi connectivity index (χ3v) is 3.73. The summed E-state index contributed by atoms with van der Waals surface area (Å²) < 4.78 is 1.63. The van der Waals surface area contributed by atoms with E-state index in [1.807, 2.05) is 18.2 Å². The Labute approximate surface area is 111 Å². The Bertz CT molecular complexity index is 600. The van der Waals surface area contributed by atoms with Crippen molar-refractivity contribution in [2.45, 2.75) is 38.3 Å². The summed E-state index contributed by atoms with van der Waals surface area (Å²) in [4.78, 5) is 15.4. The number of carboxylic acids is 1. The molecule has 0 bridgehead atoms. The zero-order valence-corrected chi connectivity index (χ0v) is 10.7. The summed E-state index contributed by atoms with van der Waals surface area (Å²) in [5.74, 6) is -0.910. The van der Waals surface area contributed by atoms with Gasteiger partial charge >= 0.3 is 5.97 Å². The Balaban J connectivity index is 1.87. The van der Waals surface area contributed by atoms with Crippen LogP contribution in [0.25, 0.3) is 5.52 Å². The Morgan fingerprint density at radius 2 is 2.21 bits per heavy atom. The summed E-state index contributed by atoms with van der Waals surface area (Å²) in [5.41, 5.74) is 1.68. The summed E-state index contributed by atoms with van der Waals surface area (Å²) >= 11 is 0. The molecule has 0 radical (unpaired) electrons. The van der Waals surface area contributed by atoms with Crippen molar-refractivity contribution in [1.82, 2.24) is 14.7 Å². The van der Waals surface area contributed by atoms with Crippen LogP contribution in [0.1, 0.15) is 42.0 Å². The van der Waals surface area contributed by atoms with Crippen LogP contribution in [0.2, 0.25) is 0 Å². The lowest BCUT2D eigenvalue weighted by atomic mass is 10.2. The first-order valence-electron chi connectivity index (χ1n) is 6.68. The van der Waals surface area contributed by atoms with E-state index in [2.05, 4.69) is 10.3 Å². The van der Waals surface area contributed by atoms with Crippen molar-refractivity contribution in [2.24, 2.45) is 0 Å². The van der Waals surface area contributed by atoms with Crippen molar-refractivity contribution in [1.29, 1.82) is 0 Å². The van der Waals surface area contributed by atoms with Crippen LogP contribution in [0, 0.1) is 0 Å². The Hall–Kier alpha value is -1.88. The molecule has 5 heteroatoms. The zero-order chi connectivity index (χ0) is 13.2. The van der Waals surface area contributed by atoms with E-state index in [1.54, 1.807) is 10.6 Å². The lowest BCUT2D eigenvalue weighted by molar-refractivity contribution is 0.0682. The molecule has 1 fully saturated rings. The van der Waals surface area contributed by atoms with Gasteiger partial charge in [0, 0.05) is 18.8 Å². The second-order valence-corrected chi connectivity index (χ2v) is 5.01. The van der Waals surface area contributed by atoms with E-state index < -0.39 is 5.97 Å². The van der Waals surface area contributed by atoms with Crippen molar-refractivity contribution in [3.63, 3.8) is 0 Å². The quantitative estimate of drug-likeness (QED) is 0.882. The number of carboxylic acid groups (broad SMARTS) is 1. The molecule has 0 saturated heterocycles. The van der Waals surface area contributed by atoms with Crippen LogP contribution in [0.5, 0.6) is 0 Å². The maximum absolute atomic E-state index is 11.2. The Morgan fingerprint density at radius 3 is 2.95 bits per heavy atom. The minimum atomic E-state index is -0.992. The molecule has 2 heterocycles. The first-order chi connectivity index (χ1) is 9.25. The molecule has 2 aromatic rings. The fourth-order valence-corrected chi connectivity index (χ4v) is 2.75. The maximum Gasteiger partial charge on any atom is 0.372 e. The average Bonchev–Trinajstić information content (AvgIpc) is 3.04. The highest BCUT2D eigenvalue weighted by Gasteiger charge is 2.18. The van der Waals surface area contributed by atoms with Gasteiger partial charge in [0.1, 0.15) is 0 Å². The Morgan fingerprint density at radius 1 is 1.42 bits per heavy atom. The third-order valence-electron chi connectivity index (χ3n) is 3.73. The number of pyridine rings is 1. The molecule has 2 N–H and O–H groups in total. The zero-order valence-electron chi connectivity index (χ0n) is 10.7. The van der Waals surface area contributed by atoms with Gasteiger partial charge in [0.15, 0.2) is 0 Å². The lowest BCUT2D eigenvalue weighted by Crippen LogP contribution is -2.25. The molecule has 1 aliphatic rings. The number of imidazole rings is 1. The van der Waals surface area contributed by atoms with Gasteiger partial charge in [-0.25, -0.2) is 9.78 Å². The van der Waals surface area contributed by atoms with Crippen molar-refractivity contribution in [2.75, 3.05) is 0 Å². The smallest absolute Gasteiger partial charge is 0.372 e. The predicted molar refractivity (Wildman–Crippen MR) is 71.2 cm³/mol. The molecule has 0 unspecified atom stereocenters. The van der Waals surface area contributed by atoms with Crippen molar-refractivity contribution < 1.29 is 9.90 Å². The first-order valence-corrected chi connectivity index (χ1v) is 6.68. The fraction of sp³-hybridized carbons (Fsp3) is 0.429. The molecule has 1 aliphatic carbocycles. The minimum Gasteiger partial charge on any atom is -0.475 e. The van der Waals surface area contributed by atoms with Crippen LogP contribution in [0.4, 0.5) is 0 Å². The third kappa shape index (κ3) is 2.33. The van der Waals surface area contributed by atoms with E-state index in [-0.39, 0.29) is 5.82 Å². The molecule has 0 spiro atoms. The molecular formula is C14H17N3O2. The first kappa shape index (κ1) is 12.2. The van der Waals surface area contributed by atoms with E-state index in [0.717, 1.165) is 11.2 Å². The number of rotatable bonds is 4. The number of hydrogen-bond acceptors (Lipinski definition) is 3. The highest BCUT2D eigenvalue weighted by molar-refractivity contribution is 5.85. The summed E-state index contributed by atoms with van der Waals surface area (Å²) in [5, 5.41) is 12.6.